The van der Waals surface area contributed by atoms with Crippen LogP contribution in [0.15, 0.2) is 37.2 Å². The summed E-state index contributed by atoms with van der Waals surface area (Å²) in [5.74, 6) is 0.689. The SMILES string of the molecule is C=CONNc1ccccn1. The van der Waals surface area contributed by atoms with Gasteiger partial charge in [-0.05, 0) is 12.1 Å². The summed E-state index contributed by atoms with van der Waals surface area (Å²) in [5.41, 5.74) is 5.11. The van der Waals surface area contributed by atoms with E-state index in [0.29, 0.717) is 5.82 Å². The molecule has 0 aliphatic heterocycles. The number of rotatable bonds is 4. The molecule has 0 aliphatic rings. The fourth-order valence-electron chi connectivity index (χ4n) is 0.560. The maximum absolute atomic E-state index is 4.60. The van der Waals surface area contributed by atoms with Gasteiger partial charge in [0, 0.05) is 6.20 Å². The molecule has 4 nitrogen and oxygen atoms in total. The van der Waals surface area contributed by atoms with Crippen molar-refractivity contribution in [2.75, 3.05) is 5.43 Å². The number of anilines is 1. The molecular formula is C7H9N3O. The number of nitrogens with zero attached hydrogens (tertiary/aromatic N) is 1. The predicted molar refractivity (Wildman–Crippen MR) is 42.3 cm³/mol. The molecule has 0 bridgehead atoms. The van der Waals surface area contributed by atoms with Crippen molar-refractivity contribution in [3.63, 3.8) is 0 Å². The van der Waals surface area contributed by atoms with Crippen LogP contribution in [-0.4, -0.2) is 4.98 Å². The van der Waals surface area contributed by atoms with Crippen LogP contribution in [0.4, 0.5) is 5.82 Å². The zero-order valence-electron chi connectivity index (χ0n) is 5.95. The van der Waals surface area contributed by atoms with Gasteiger partial charge in [0.2, 0.25) is 0 Å². The van der Waals surface area contributed by atoms with Crippen LogP contribution in [0, 0.1) is 0 Å². The fourth-order valence-corrected chi connectivity index (χ4v) is 0.560. The van der Waals surface area contributed by atoms with E-state index in [0.717, 1.165) is 0 Å². The van der Waals surface area contributed by atoms with Crippen molar-refractivity contribution in [3.8, 4) is 0 Å². The summed E-state index contributed by atoms with van der Waals surface area (Å²) in [6, 6.07) is 5.50. The first kappa shape index (κ1) is 7.56. The van der Waals surface area contributed by atoms with Gasteiger partial charge in [0.05, 0.1) is 0 Å². The van der Waals surface area contributed by atoms with Crippen LogP contribution in [0.1, 0.15) is 0 Å². The van der Waals surface area contributed by atoms with E-state index in [1.54, 1.807) is 12.3 Å². The average molecular weight is 151 g/mol. The Bertz CT molecular complexity index is 212. The molecule has 2 N–H and O–H groups in total. The highest BCUT2D eigenvalue weighted by atomic mass is 16.7. The molecule has 0 unspecified atom stereocenters. The second-order valence-electron chi connectivity index (χ2n) is 1.73. The van der Waals surface area contributed by atoms with Crippen molar-refractivity contribution in [2.24, 2.45) is 0 Å². The van der Waals surface area contributed by atoms with Crippen LogP contribution in [-0.2, 0) is 4.84 Å². The Labute approximate surface area is 64.8 Å². The lowest BCUT2D eigenvalue weighted by Crippen LogP contribution is -2.19. The smallest absolute Gasteiger partial charge is 0.142 e. The normalized spacial score (nSPS) is 8.73. The van der Waals surface area contributed by atoms with Crippen LogP contribution in [0.3, 0.4) is 0 Å². The molecule has 0 spiro atoms. The molecule has 0 amide bonds. The Morgan fingerprint density at radius 1 is 1.55 bits per heavy atom. The Morgan fingerprint density at radius 3 is 3.09 bits per heavy atom. The summed E-state index contributed by atoms with van der Waals surface area (Å²) >= 11 is 0. The molecule has 1 rings (SSSR count). The van der Waals surface area contributed by atoms with E-state index in [4.69, 9.17) is 0 Å². The monoisotopic (exact) mass is 151 g/mol. The van der Waals surface area contributed by atoms with Crippen LogP contribution in [0.5, 0.6) is 0 Å². The number of nitrogens with one attached hydrogen (secondary N) is 2. The molecular weight excluding hydrogens is 142 g/mol. The Hall–Kier alpha value is -1.55. The Balaban J connectivity index is 2.33. The van der Waals surface area contributed by atoms with E-state index in [1.165, 1.54) is 6.26 Å². The van der Waals surface area contributed by atoms with Gasteiger partial charge in [-0.1, -0.05) is 18.2 Å². The lowest BCUT2D eigenvalue weighted by molar-refractivity contribution is 0.157. The fraction of sp³-hybridized carbons (Fsp3) is 0. The summed E-state index contributed by atoms with van der Waals surface area (Å²) in [5, 5.41) is 0. The summed E-state index contributed by atoms with van der Waals surface area (Å²) in [7, 11) is 0. The lowest BCUT2D eigenvalue weighted by Gasteiger charge is -2.03. The van der Waals surface area contributed by atoms with Gasteiger partial charge >= 0.3 is 0 Å². The first-order valence-corrected chi connectivity index (χ1v) is 3.12. The Morgan fingerprint density at radius 2 is 2.45 bits per heavy atom. The molecule has 0 aromatic carbocycles. The van der Waals surface area contributed by atoms with Crippen LogP contribution in [0.25, 0.3) is 0 Å². The van der Waals surface area contributed by atoms with Gasteiger partial charge in [-0.3, -0.25) is 5.43 Å². The topological polar surface area (TPSA) is 46.2 Å². The van der Waals surface area contributed by atoms with Gasteiger partial charge in [-0.2, -0.15) is 0 Å². The van der Waals surface area contributed by atoms with E-state index in [1.807, 2.05) is 12.1 Å². The van der Waals surface area contributed by atoms with Crippen molar-refractivity contribution >= 4 is 5.82 Å². The van der Waals surface area contributed by atoms with Gasteiger partial charge in [0.15, 0.2) is 0 Å². The van der Waals surface area contributed by atoms with Gasteiger partial charge in [-0.15, -0.1) is 0 Å². The zero-order chi connectivity index (χ0) is 7.94. The summed E-state index contributed by atoms with van der Waals surface area (Å²) in [6.07, 6.45) is 2.95. The molecule has 1 aromatic heterocycles. The number of hydrogen-bond donors (Lipinski definition) is 2. The third-order valence-electron chi connectivity index (χ3n) is 0.986. The van der Waals surface area contributed by atoms with Crippen molar-refractivity contribution in [2.45, 2.75) is 0 Å². The van der Waals surface area contributed by atoms with Crippen molar-refractivity contribution in [1.29, 1.82) is 0 Å². The maximum Gasteiger partial charge on any atom is 0.142 e. The number of aromatic nitrogens is 1. The van der Waals surface area contributed by atoms with Crippen LogP contribution < -0.4 is 11.0 Å². The lowest BCUT2D eigenvalue weighted by atomic mass is 10.5. The average Bonchev–Trinajstić information content (AvgIpc) is 2.07. The molecule has 58 valence electrons. The standard InChI is InChI=1S/C7H9N3O/c1-2-11-10-9-7-5-3-4-6-8-7/h2-6,10H,1H2,(H,8,9). The molecule has 0 aliphatic carbocycles. The molecule has 1 heterocycles. The minimum atomic E-state index is 0.689. The Kier molecular flexibility index (Phi) is 2.95. The van der Waals surface area contributed by atoms with Crippen molar-refractivity contribution < 1.29 is 4.84 Å². The molecule has 0 saturated heterocycles. The van der Waals surface area contributed by atoms with Crippen molar-refractivity contribution in [3.05, 3.63) is 37.2 Å². The first-order valence-electron chi connectivity index (χ1n) is 3.12. The summed E-state index contributed by atoms with van der Waals surface area (Å²) in [6.45, 7) is 3.35. The molecule has 11 heavy (non-hydrogen) atoms. The molecule has 0 atom stereocenters. The highest BCUT2D eigenvalue weighted by Gasteiger charge is 1.85. The summed E-state index contributed by atoms with van der Waals surface area (Å²) < 4.78 is 0. The minimum Gasteiger partial charge on any atom is -0.398 e. The van der Waals surface area contributed by atoms with E-state index in [9.17, 15) is 0 Å². The molecule has 0 fully saturated rings. The van der Waals surface area contributed by atoms with E-state index in [-0.39, 0.29) is 0 Å². The van der Waals surface area contributed by atoms with Gasteiger partial charge in [-0.25, -0.2) is 4.98 Å². The minimum absolute atomic E-state index is 0.689. The van der Waals surface area contributed by atoms with Crippen LogP contribution >= 0.6 is 0 Å². The second-order valence-corrected chi connectivity index (χ2v) is 1.73. The molecule has 1 aromatic rings. The van der Waals surface area contributed by atoms with E-state index >= 15 is 0 Å². The largest absolute Gasteiger partial charge is 0.398 e. The second kappa shape index (κ2) is 4.29. The van der Waals surface area contributed by atoms with E-state index < -0.39 is 0 Å². The number of hydrogen-bond acceptors (Lipinski definition) is 4. The molecule has 0 saturated carbocycles. The van der Waals surface area contributed by atoms with Gasteiger partial charge < -0.3 is 4.84 Å². The highest BCUT2D eigenvalue weighted by molar-refractivity contribution is 5.30. The van der Waals surface area contributed by atoms with Crippen LogP contribution in [0.2, 0.25) is 0 Å². The number of hydrazine groups is 1. The van der Waals surface area contributed by atoms with E-state index in [2.05, 4.69) is 27.4 Å². The quantitative estimate of drug-likeness (QED) is 0.384. The molecule has 0 radical (unpaired) electrons. The van der Waals surface area contributed by atoms with Gasteiger partial charge in [0.25, 0.3) is 0 Å². The molecule has 4 heteroatoms. The summed E-state index contributed by atoms with van der Waals surface area (Å²) in [4.78, 5) is 8.56. The van der Waals surface area contributed by atoms with Crippen molar-refractivity contribution in [1.82, 2.24) is 10.6 Å². The van der Waals surface area contributed by atoms with Gasteiger partial charge in [0.1, 0.15) is 12.1 Å². The predicted octanol–water partition coefficient (Wildman–Crippen LogP) is 1.07. The highest BCUT2D eigenvalue weighted by Crippen LogP contribution is 1.96. The zero-order valence-corrected chi connectivity index (χ0v) is 5.95. The third-order valence-corrected chi connectivity index (χ3v) is 0.986. The number of pyridine rings is 1. The third kappa shape index (κ3) is 2.68. The maximum atomic E-state index is 4.60. The first-order chi connectivity index (χ1) is 5.43.